The topological polar surface area (TPSA) is 58.6 Å². The highest BCUT2D eigenvalue weighted by molar-refractivity contribution is 5.93. The van der Waals surface area contributed by atoms with Gasteiger partial charge in [0.25, 0.3) is 0 Å². The minimum Gasteiger partial charge on any atom is -0.465 e. The van der Waals surface area contributed by atoms with E-state index in [1.807, 2.05) is 43.9 Å². The zero-order valence-corrected chi connectivity index (χ0v) is 13.2. The summed E-state index contributed by atoms with van der Waals surface area (Å²) in [4.78, 5) is 24.8. The molecule has 1 aromatic rings. The first kappa shape index (κ1) is 17.2. The molecular weight excluding hydrogens is 268 g/mol. The molecule has 0 aliphatic rings. The molecule has 0 bridgehead atoms. The number of nitrogens with zero attached hydrogens (tertiary/aromatic N) is 1. The van der Waals surface area contributed by atoms with Crippen molar-refractivity contribution in [2.45, 2.75) is 27.7 Å². The fraction of sp³-hybridized carbons (Fsp3) is 0.500. The maximum Gasteiger partial charge on any atom is 0.302 e. The molecule has 0 saturated heterocycles. The lowest BCUT2D eigenvalue weighted by Gasteiger charge is -2.20. The van der Waals surface area contributed by atoms with E-state index in [-0.39, 0.29) is 18.4 Å². The van der Waals surface area contributed by atoms with E-state index in [0.29, 0.717) is 13.2 Å². The highest BCUT2D eigenvalue weighted by Gasteiger charge is 2.11. The summed E-state index contributed by atoms with van der Waals surface area (Å²) in [6.07, 6.45) is 0. The SMILES string of the molecule is CCN(CCOC(C)=O)CC(=O)Nc1c(C)cccc1C. The van der Waals surface area contributed by atoms with Crippen LogP contribution >= 0.6 is 0 Å². The predicted octanol–water partition coefficient (Wildman–Crippen LogP) is 2.13. The Labute approximate surface area is 126 Å². The van der Waals surface area contributed by atoms with Crippen LogP contribution in [0.1, 0.15) is 25.0 Å². The normalized spacial score (nSPS) is 10.5. The summed E-state index contributed by atoms with van der Waals surface area (Å²) in [5.41, 5.74) is 2.97. The van der Waals surface area contributed by atoms with Crippen molar-refractivity contribution in [3.63, 3.8) is 0 Å². The zero-order valence-electron chi connectivity index (χ0n) is 13.2. The summed E-state index contributed by atoms with van der Waals surface area (Å²) in [6.45, 7) is 9.16. The molecule has 0 radical (unpaired) electrons. The highest BCUT2D eigenvalue weighted by atomic mass is 16.5. The Kier molecular flexibility index (Phi) is 6.88. The Bertz CT molecular complexity index is 480. The third-order valence-electron chi connectivity index (χ3n) is 3.27. The standard InChI is InChI=1S/C16H24N2O3/c1-5-18(9-10-21-14(4)19)11-15(20)17-16-12(2)7-6-8-13(16)3/h6-8H,5,9-11H2,1-4H3,(H,17,20). The van der Waals surface area contributed by atoms with Crippen molar-refractivity contribution >= 4 is 17.6 Å². The molecule has 0 atom stereocenters. The summed E-state index contributed by atoms with van der Waals surface area (Å²) in [6, 6.07) is 5.92. The van der Waals surface area contributed by atoms with Gasteiger partial charge in [-0.25, -0.2) is 0 Å². The quantitative estimate of drug-likeness (QED) is 0.782. The number of hydrogen-bond acceptors (Lipinski definition) is 4. The van der Waals surface area contributed by atoms with Crippen LogP contribution in [0.2, 0.25) is 0 Å². The molecule has 116 valence electrons. The fourth-order valence-corrected chi connectivity index (χ4v) is 2.06. The van der Waals surface area contributed by atoms with Gasteiger partial charge in [-0.3, -0.25) is 14.5 Å². The molecule has 0 aliphatic heterocycles. The minimum absolute atomic E-state index is 0.0583. The van der Waals surface area contributed by atoms with Crippen molar-refractivity contribution < 1.29 is 14.3 Å². The first-order valence-corrected chi connectivity index (χ1v) is 7.15. The minimum atomic E-state index is -0.300. The number of carbonyl (C=O) groups excluding carboxylic acids is 2. The van der Waals surface area contributed by atoms with Crippen LogP contribution in [0.15, 0.2) is 18.2 Å². The molecule has 0 spiro atoms. The molecule has 0 saturated carbocycles. The van der Waals surface area contributed by atoms with Crippen molar-refractivity contribution in [1.82, 2.24) is 4.90 Å². The van der Waals surface area contributed by atoms with Gasteiger partial charge in [-0.2, -0.15) is 0 Å². The van der Waals surface area contributed by atoms with Gasteiger partial charge < -0.3 is 10.1 Å². The van der Waals surface area contributed by atoms with Crippen molar-refractivity contribution in [1.29, 1.82) is 0 Å². The summed E-state index contributed by atoms with van der Waals surface area (Å²) in [5, 5.41) is 2.95. The molecule has 0 aromatic heterocycles. The maximum absolute atomic E-state index is 12.1. The number of anilines is 1. The lowest BCUT2D eigenvalue weighted by atomic mass is 10.1. The molecule has 1 aromatic carbocycles. The number of esters is 1. The van der Waals surface area contributed by atoms with Crippen LogP contribution in [0.3, 0.4) is 0 Å². The number of rotatable bonds is 7. The van der Waals surface area contributed by atoms with Crippen LogP contribution in [0.4, 0.5) is 5.69 Å². The first-order chi connectivity index (χ1) is 9.93. The molecule has 5 heteroatoms. The van der Waals surface area contributed by atoms with Gasteiger partial charge in [0.2, 0.25) is 5.91 Å². The Hall–Kier alpha value is -1.88. The predicted molar refractivity (Wildman–Crippen MR) is 83.3 cm³/mol. The lowest BCUT2D eigenvalue weighted by molar-refractivity contribution is -0.141. The van der Waals surface area contributed by atoms with Gasteiger partial charge in [-0.15, -0.1) is 0 Å². The Morgan fingerprint density at radius 2 is 1.86 bits per heavy atom. The van der Waals surface area contributed by atoms with Crippen LogP contribution < -0.4 is 5.32 Å². The van der Waals surface area contributed by atoms with E-state index in [2.05, 4.69) is 5.32 Å². The average molecular weight is 292 g/mol. The van der Waals surface area contributed by atoms with Crippen LogP contribution in [0, 0.1) is 13.8 Å². The monoisotopic (exact) mass is 292 g/mol. The van der Waals surface area contributed by atoms with Crippen LogP contribution in [0.25, 0.3) is 0 Å². The van der Waals surface area contributed by atoms with Gasteiger partial charge in [0.1, 0.15) is 6.61 Å². The molecule has 1 rings (SSSR count). The van der Waals surface area contributed by atoms with E-state index in [1.54, 1.807) is 0 Å². The molecule has 21 heavy (non-hydrogen) atoms. The second-order valence-corrected chi connectivity index (χ2v) is 5.02. The van der Waals surface area contributed by atoms with E-state index < -0.39 is 0 Å². The summed E-state index contributed by atoms with van der Waals surface area (Å²) >= 11 is 0. The number of likely N-dealkylation sites (N-methyl/N-ethyl adjacent to an activating group) is 1. The Balaban J connectivity index is 2.53. The number of amides is 1. The van der Waals surface area contributed by atoms with Gasteiger partial charge in [-0.1, -0.05) is 25.1 Å². The zero-order chi connectivity index (χ0) is 15.8. The van der Waals surface area contributed by atoms with Gasteiger partial charge in [0.15, 0.2) is 0 Å². The van der Waals surface area contributed by atoms with Gasteiger partial charge in [0, 0.05) is 19.2 Å². The van der Waals surface area contributed by atoms with E-state index in [9.17, 15) is 9.59 Å². The number of ether oxygens (including phenoxy) is 1. The molecular formula is C16H24N2O3. The van der Waals surface area contributed by atoms with Crippen LogP contribution in [-0.2, 0) is 14.3 Å². The summed E-state index contributed by atoms with van der Waals surface area (Å²) in [5.74, 6) is -0.358. The lowest BCUT2D eigenvalue weighted by Crippen LogP contribution is -2.35. The first-order valence-electron chi connectivity index (χ1n) is 7.15. The third kappa shape index (κ3) is 5.95. The van der Waals surface area contributed by atoms with Gasteiger partial charge in [0.05, 0.1) is 6.54 Å². The molecule has 0 fully saturated rings. The van der Waals surface area contributed by atoms with Crippen LogP contribution in [0.5, 0.6) is 0 Å². The van der Waals surface area contributed by atoms with Gasteiger partial charge in [-0.05, 0) is 31.5 Å². The molecule has 0 heterocycles. The van der Waals surface area contributed by atoms with E-state index >= 15 is 0 Å². The average Bonchev–Trinajstić information content (AvgIpc) is 2.41. The maximum atomic E-state index is 12.1. The molecule has 0 aliphatic carbocycles. The van der Waals surface area contributed by atoms with Crippen molar-refractivity contribution in [2.24, 2.45) is 0 Å². The molecule has 0 unspecified atom stereocenters. The number of aryl methyl sites for hydroxylation is 2. The summed E-state index contributed by atoms with van der Waals surface area (Å²) < 4.78 is 4.90. The van der Waals surface area contributed by atoms with E-state index in [0.717, 1.165) is 23.4 Å². The molecule has 1 N–H and O–H groups in total. The number of benzene rings is 1. The van der Waals surface area contributed by atoms with Crippen molar-refractivity contribution in [2.75, 3.05) is 31.6 Å². The fourth-order valence-electron chi connectivity index (χ4n) is 2.06. The van der Waals surface area contributed by atoms with Crippen molar-refractivity contribution in [3.8, 4) is 0 Å². The number of nitrogens with one attached hydrogen (secondary N) is 1. The summed E-state index contributed by atoms with van der Waals surface area (Å²) in [7, 11) is 0. The Morgan fingerprint density at radius 3 is 2.38 bits per heavy atom. The molecule has 1 amide bonds. The third-order valence-corrected chi connectivity index (χ3v) is 3.27. The van der Waals surface area contributed by atoms with Gasteiger partial charge >= 0.3 is 5.97 Å². The second-order valence-electron chi connectivity index (χ2n) is 5.02. The number of hydrogen-bond donors (Lipinski definition) is 1. The molecule has 5 nitrogen and oxygen atoms in total. The largest absolute Gasteiger partial charge is 0.465 e. The highest BCUT2D eigenvalue weighted by Crippen LogP contribution is 2.19. The van der Waals surface area contributed by atoms with E-state index in [4.69, 9.17) is 4.74 Å². The smallest absolute Gasteiger partial charge is 0.302 e. The van der Waals surface area contributed by atoms with Crippen molar-refractivity contribution in [3.05, 3.63) is 29.3 Å². The second kappa shape index (κ2) is 8.42. The number of carbonyl (C=O) groups is 2. The van der Waals surface area contributed by atoms with Crippen LogP contribution in [-0.4, -0.2) is 43.0 Å². The number of para-hydroxylation sites is 1. The Morgan fingerprint density at radius 1 is 1.24 bits per heavy atom. The van der Waals surface area contributed by atoms with E-state index in [1.165, 1.54) is 6.92 Å².